The van der Waals surface area contributed by atoms with Gasteiger partial charge in [-0.15, -0.1) is 23.5 Å². The minimum absolute atomic E-state index is 0.111. The highest BCUT2D eigenvalue weighted by atomic mass is 32.2. The molecular weight excluding hydrogens is 574 g/mol. The van der Waals surface area contributed by atoms with E-state index in [0.717, 1.165) is 10.5 Å². The molecule has 0 spiro atoms. The Hall–Kier alpha value is -4.29. The topological polar surface area (TPSA) is 136 Å². The van der Waals surface area contributed by atoms with Gasteiger partial charge in [0.05, 0.1) is 12.1 Å². The number of aliphatic carboxylic acids is 1. The second kappa shape index (κ2) is 13.6. The van der Waals surface area contributed by atoms with Gasteiger partial charge in [0.2, 0.25) is 11.8 Å². The normalized spacial score (nSPS) is 20.5. The molecule has 3 amide bonds. The van der Waals surface area contributed by atoms with Crippen LogP contribution in [0, 0.1) is 0 Å². The van der Waals surface area contributed by atoms with Crippen molar-refractivity contribution < 1.29 is 24.3 Å². The fourth-order valence-electron chi connectivity index (χ4n) is 4.82. The number of H-pyrrole nitrogens is 1. The zero-order valence-corrected chi connectivity index (χ0v) is 24.1. The maximum Gasteiger partial charge on any atom is 0.352 e. The van der Waals surface area contributed by atoms with Gasteiger partial charge in [-0.25, -0.2) is 9.78 Å². The zero-order valence-electron chi connectivity index (χ0n) is 22.5. The maximum absolute atomic E-state index is 13.0. The van der Waals surface area contributed by atoms with Crippen LogP contribution in [-0.2, 0) is 25.7 Å². The number of benzene rings is 2. The molecule has 0 unspecified atom stereocenters. The first-order valence-electron chi connectivity index (χ1n) is 13.3. The second-order valence-corrected chi connectivity index (χ2v) is 11.8. The van der Waals surface area contributed by atoms with Gasteiger partial charge in [0.1, 0.15) is 17.1 Å². The fraction of sp³-hybridized carbons (Fsp3) is 0.233. The molecule has 0 bridgehead atoms. The summed E-state index contributed by atoms with van der Waals surface area (Å²) in [5, 5.41) is 12.2. The van der Waals surface area contributed by atoms with Gasteiger partial charge >= 0.3 is 5.97 Å². The average Bonchev–Trinajstić information content (AvgIpc) is 3.70. The van der Waals surface area contributed by atoms with Crippen molar-refractivity contribution in [1.82, 2.24) is 25.1 Å². The van der Waals surface area contributed by atoms with Crippen LogP contribution < -0.4 is 5.32 Å². The summed E-state index contributed by atoms with van der Waals surface area (Å²) in [5.74, 6) is -1.59. The van der Waals surface area contributed by atoms with Crippen molar-refractivity contribution in [2.75, 3.05) is 18.1 Å². The minimum Gasteiger partial charge on any atom is -0.477 e. The Balaban J connectivity index is 0.000000639. The van der Waals surface area contributed by atoms with Gasteiger partial charge in [0.15, 0.2) is 0 Å². The van der Waals surface area contributed by atoms with Crippen LogP contribution in [0.5, 0.6) is 0 Å². The molecule has 3 aliphatic heterocycles. The summed E-state index contributed by atoms with van der Waals surface area (Å²) in [6.07, 6.45) is 7.23. The molecule has 3 aliphatic rings. The van der Waals surface area contributed by atoms with E-state index in [4.69, 9.17) is 0 Å². The van der Waals surface area contributed by atoms with Crippen molar-refractivity contribution in [3.8, 4) is 0 Å². The number of carboxylic acids is 1. The van der Waals surface area contributed by atoms with E-state index in [1.165, 1.54) is 28.4 Å². The third-order valence-corrected chi connectivity index (χ3v) is 9.13. The number of aromatic nitrogens is 2. The monoisotopic (exact) mass is 603 g/mol. The Bertz CT molecular complexity index is 1480. The second-order valence-electron chi connectivity index (χ2n) is 9.63. The highest BCUT2D eigenvalue weighted by Gasteiger charge is 2.54. The third-order valence-electron chi connectivity index (χ3n) is 6.81. The number of aromatic amines is 1. The number of β-lactam (4-membered cyclic amide) rings is 1. The smallest absolute Gasteiger partial charge is 0.352 e. The molecule has 6 rings (SSSR count). The van der Waals surface area contributed by atoms with Gasteiger partial charge in [-0.05, 0) is 35.8 Å². The summed E-state index contributed by atoms with van der Waals surface area (Å²) < 4.78 is 0. The summed E-state index contributed by atoms with van der Waals surface area (Å²) in [7, 11) is 0. The number of hydrogen-bond donors (Lipinski definition) is 3. The van der Waals surface area contributed by atoms with Crippen molar-refractivity contribution in [2.45, 2.75) is 29.3 Å². The molecule has 2 saturated heterocycles. The molecule has 2 aromatic carbocycles. The predicted octanol–water partition coefficient (Wildman–Crippen LogP) is 3.29. The molecule has 4 heterocycles. The van der Waals surface area contributed by atoms with E-state index in [1.807, 2.05) is 60.7 Å². The lowest BCUT2D eigenvalue weighted by Crippen LogP contribution is -2.70. The lowest BCUT2D eigenvalue weighted by molar-refractivity contribution is -0.150. The molecule has 12 heteroatoms. The number of thioether (sulfide) groups is 2. The van der Waals surface area contributed by atoms with Gasteiger partial charge in [0, 0.05) is 41.7 Å². The molecule has 0 aliphatic carbocycles. The van der Waals surface area contributed by atoms with E-state index in [0.29, 0.717) is 36.4 Å². The van der Waals surface area contributed by atoms with Crippen molar-refractivity contribution >= 4 is 47.2 Å². The number of carbonyl (C=O) groups is 4. The Kier molecular flexibility index (Phi) is 9.45. The SMILES string of the molecule is O=C(CSc1ccccc1)N[C@@H]1C(=O)N2C(C(=O)O)=C(/C=C3\CCN(Cc4ccccc4)C3=O)CS[C@H]12.c1c[nH]cn1. The summed E-state index contributed by atoms with van der Waals surface area (Å²) in [4.78, 5) is 60.9. The van der Waals surface area contributed by atoms with E-state index < -0.39 is 23.3 Å². The average molecular weight is 604 g/mol. The van der Waals surface area contributed by atoms with Crippen LogP contribution in [0.1, 0.15) is 12.0 Å². The first-order valence-corrected chi connectivity index (χ1v) is 15.3. The van der Waals surface area contributed by atoms with Gasteiger partial charge in [-0.2, -0.15) is 0 Å². The zero-order chi connectivity index (χ0) is 29.5. The van der Waals surface area contributed by atoms with E-state index in [-0.39, 0.29) is 23.3 Å². The summed E-state index contributed by atoms with van der Waals surface area (Å²) >= 11 is 2.76. The number of amides is 3. The molecule has 10 nitrogen and oxygen atoms in total. The molecule has 3 aromatic rings. The summed E-state index contributed by atoms with van der Waals surface area (Å²) in [6, 6.07) is 18.4. The maximum atomic E-state index is 13.0. The van der Waals surface area contributed by atoms with Gasteiger partial charge < -0.3 is 20.3 Å². The van der Waals surface area contributed by atoms with Crippen LogP contribution in [0.25, 0.3) is 0 Å². The van der Waals surface area contributed by atoms with Crippen LogP contribution in [0.2, 0.25) is 0 Å². The molecule has 1 aromatic heterocycles. The lowest BCUT2D eigenvalue weighted by atomic mass is 10.0. The Morgan fingerprint density at radius 1 is 1.12 bits per heavy atom. The highest BCUT2D eigenvalue weighted by Crippen LogP contribution is 2.41. The van der Waals surface area contributed by atoms with Crippen molar-refractivity contribution in [2.24, 2.45) is 0 Å². The van der Waals surface area contributed by atoms with E-state index in [9.17, 15) is 24.3 Å². The Morgan fingerprint density at radius 3 is 2.50 bits per heavy atom. The molecule has 3 N–H and O–H groups in total. The van der Waals surface area contributed by atoms with Crippen LogP contribution in [0.3, 0.4) is 0 Å². The number of likely N-dealkylation sites (tertiary alicyclic amines) is 1. The number of nitrogens with one attached hydrogen (secondary N) is 2. The number of carbonyl (C=O) groups excluding carboxylic acids is 3. The standard InChI is InChI=1S/C27H25N3O5S2.C3H4N2/c31-21(16-36-20-9-5-2-6-10-20)28-22-25(33)30-23(27(34)35)19(15-37-26(22)30)13-18-11-12-29(24(18)32)14-17-7-3-1-4-8-17;1-2-5-3-4-1/h1-10,13,22,26H,11-12,14-16H2,(H,28,31)(H,34,35);1-3H,(H,4,5)/b18-13+;/t22-,26-;/m1./s1. The van der Waals surface area contributed by atoms with Crippen molar-refractivity contribution in [3.63, 3.8) is 0 Å². The number of fused-ring (bicyclic) bond motifs is 1. The molecule has 216 valence electrons. The van der Waals surface area contributed by atoms with Gasteiger partial charge in [0.25, 0.3) is 5.91 Å². The van der Waals surface area contributed by atoms with Crippen LogP contribution in [-0.4, -0.2) is 78.0 Å². The largest absolute Gasteiger partial charge is 0.477 e. The van der Waals surface area contributed by atoms with Crippen LogP contribution >= 0.6 is 23.5 Å². The number of hydrogen-bond acceptors (Lipinski definition) is 7. The summed E-state index contributed by atoms with van der Waals surface area (Å²) in [5.41, 5.74) is 1.90. The molecule has 0 saturated carbocycles. The molecule has 2 fully saturated rings. The molecule has 2 atom stereocenters. The van der Waals surface area contributed by atoms with Crippen molar-refractivity contribution in [1.29, 1.82) is 0 Å². The van der Waals surface area contributed by atoms with E-state index in [1.54, 1.807) is 29.7 Å². The first kappa shape index (κ1) is 29.2. The number of rotatable bonds is 8. The number of allylic oxidation sites excluding steroid dienone is 1. The molecular formula is C30H29N5O5S2. The molecule has 0 radical (unpaired) electrons. The first-order chi connectivity index (χ1) is 20.4. The predicted molar refractivity (Wildman–Crippen MR) is 160 cm³/mol. The number of imidazole rings is 1. The minimum atomic E-state index is -1.22. The van der Waals surface area contributed by atoms with Crippen molar-refractivity contribution in [3.05, 3.63) is 108 Å². The lowest BCUT2D eigenvalue weighted by Gasteiger charge is -2.49. The highest BCUT2D eigenvalue weighted by molar-refractivity contribution is 8.00. The Labute approximate surface area is 251 Å². The Morgan fingerprint density at radius 2 is 1.86 bits per heavy atom. The van der Waals surface area contributed by atoms with E-state index in [2.05, 4.69) is 15.3 Å². The fourth-order valence-corrected chi connectivity index (χ4v) is 6.85. The number of carboxylic acid groups (broad SMARTS) is 1. The third kappa shape index (κ3) is 6.77. The molecule has 42 heavy (non-hydrogen) atoms. The van der Waals surface area contributed by atoms with E-state index >= 15 is 0 Å². The van der Waals surface area contributed by atoms with Gasteiger partial charge in [-0.1, -0.05) is 48.5 Å². The van der Waals surface area contributed by atoms with Gasteiger partial charge in [-0.3, -0.25) is 19.3 Å². The number of nitrogens with zero attached hydrogens (tertiary/aromatic N) is 3. The van der Waals surface area contributed by atoms with Crippen LogP contribution in [0.4, 0.5) is 0 Å². The summed E-state index contributed by atoms with van der Waals surface area (Å²) in [6.45, 7) is 1.05. The van der Waals surface area contributed by atoms with Crippen LogP contribution in [0.15, 0.2) is 107 Å². The quantitative estimate of drug-likeness (QED) is 0.203.